The highest BCUT2D eigenvalue weighted by Gasteiger charge is 2.17. The van der Waals surface area contributed by atoms with Crippen molar-refractivity contribution in [2.24, 2.45) is 0 Å². The van der Waals surface area contributed by atoms with Crippen molar-refractivity contribution in [1.29, 1.82) is 0 Å². The van der Waals surface area contributed by atoms with Gasteiger partial charge in [0.1, 0.15) is 5.75 Å². The third-order valence-electron chi connectivity index (χ3n) is 1.83. The van der Waals surface area contributed by atoms with Crippen molar-refractivity contribution in [2.45, 2.75) is 12.8 Å². The zero-order valence-corrected chi connectivity index (χ0v) is 9.01. The molecule has 6 heteroatoms. The molecule has 0 aliphatic heterocycles. The number of carboxylic acids is 1. The number of aromatic hydroxyl groups is 1. The Morgan fingerprint density at radius 3 is 2.60 bits per heavy atom. The first kappa shape index (κ1) is 11.9. The summed E-state index contributed by atoms with van der Waals surface area (Å²) in [6.45, 7) is 0. The van der Waals surface area contributed by atoms with Crippen LogP contribution in [0.15, 0.2) is 10.5 Å². The number of phenols is 1. The molecule has 82 valence electrons. The number of halogens is 3. The summed E-state index contributed by atoms with van der Waals surface area (Å²) in [7, 11) is 0. The molecule has 0 unspecified atom stereocenters. The van der Waals surface area contributed by atoms with Crippen LogP contribution in [0.1, 0.15) is 12.0 Å². The zero-order valence-electron chi connectivity index (χ0n) is 7.43. The van der Waals surface area contributed by atoms with Gasteiger partial charge < -0.3 is 10.2 Å². The van der Waals surface area contributed by atoms with Gasteiger partial charge in [-0.3, -0.25) is 4.79 Å². The van der Waals surface area contributed by atoms with Gasteiger partial charge in [0.15, 0.2) is 11.6 Å². The van der Waals surface area contributed by atoms with E-state index in [4.69, 9.17) is 5.11 Å². The van der Waals surface area contributed by atoms with Gasteiger partial charge in [-0.05, 0) is 28.4 Å². The maximum absolute atomic E-state index is 13.1. The standard InChI is InChI=1S/C9H7BrF2O3/c10-5-3-6(11)8(12)4(9(5)15)1-2-7(13)14/h3,15H,1-2H2,(H,13,14). The van der Waals surface area contributed by atoms with Crippen molar-refractivity contribution >= 4 is 21.9 Å². The van der Waals surface area contributed by atoms with Gasteiger partial charge in [-0.2, -0.15) is 0 Å². The molecule has 3 nitrogen and oxygen atoms in total. The fourth-order valence-corrected chi connectivity index (χ4v) is 1.54. The van der Waals surface area contributed by atoms with Gasteiger partial charge in [-0.25, -0.2) is 8.78 Å². The van der Waals surface area contributed by atoms with E-state index in [0.717, 1.165) is 6.07 Å². The fourth-order valence-electron chi connectivity index (χ4n) is 1.10. The van der Waals surface area contributed by atoms with E-state index in [1.807, 2.05) is 0 Å². The van der Waals surface area contributed by atoms with Crippen LogP contribution < -0.4 is 0 Å². The number of carbonyl (C=O) groups is 1. The van der Waals surface area contributed by atoms with Gasteiger partial charge in [0.05, 0.1) is 4.47 Å². The normalized spacial score (nSPS) is 10.3. The molecule has 0 atom stereocenters. The number of benzene rings is 1. The van der Waals surface area contributed by atoms with Gasteiger partial charge in [0.2, 0.25) is 0 Å². The second-order valence-electron chi connectivity index (χ2n) is 2.88. The Morgan fingerprint density at radius 1 is 1.47 bits per heavy atom. The molecule has 0 aromatic heterocycles. The molecule has 1 rings (SSSR count). The number of aliphatic carboxylic acids is 1. The predicted octanol–water partition coefficient (Wildman–Crippen LogP) is 2.45. The molecule has 0 radical (unpaired) electrons. The minimum absolute atomic E-state index is 0.00166. The van der Waals surface area contributed by atoms with E-state index in [0.29, 0.717) is 0 Å². The minimum atomic E-state index is -1.21. The fraction of sp³-hybridized carbons (Fsp3) is 0.222. The van der Waals surface area contributed by atoms with Crippen LogP contribution in [0.2, 0.25) is 0 Å². The maximum atomic E-state index is 13.1. The van der Waals surface area contributed by atoms with Crippen LogP contribution >= 0.6 is 15.9 Å². The van der Waals surface area contributed by atoms with Crippen LogP contribution in [-0.4, -0.2) is 16.2 Å². The average Bonchev–Trinajstić information content (AvgIpc) is 2.14. The van der Waals surface area contributed by atoms with Crippen LogP contribution in [-0.2, 0) is 11.2 Å². The molecule has 2 N–H and O–H groups in total. The highest BCUT2D eigenvalue weighted by molar-refractivity contribution is 9.10. The first-order chi connectivity index (χ1) is 6.93. The first-order valence-electron chi connectivity index (χ1n) is 4.00. The quantitative estimate of drug-likeness (QED) is 0.837. The molecule has 0 saturated heterocycles. The topological polar surface area (TPSA) is 57.5 Å². The molecule has 0 bridgehead atoms. The van der Waals surface area contributed by atoms with Crippen molar-refractivity contribution < 1.29 is 23.8 Å². The Kier molecular flexibility index (Phi) is 3.62. The summed E-state index contributed by atoms with van der Waals surface area (Å²) < 4.78 is 26.0. The molecule has 1 aromatic rings. The van der Waals surface area contributed by atoms with Crippen molar-refractivity contribution in [3.8, 4) is 5.75 Å². The van der Waals surface area contributed by atoms with Crippen molar-refractivity contribution in [3.05, 3.63) is 27.7 Å². The van der Waals surface area contributed by atoms with Gasteiger partial charge in [-0.1, -0.05) is 0 Å². The molecule has 0 heterocycles. The Morgan fingerprint density at radius 2 is 2.07 bits per heavy atom. The van der Waals surface area contributed by atoms with E-state index in [-0.39, 0.29) is 22.9 Å². The lowest BCUT2D eigenvalue weighted by Gasteiger charge is -2.07. The summed E-state index contributed by atoms with van der Waals surface area (Å²) in [5, 5.41) is 17.8. The van der Waals surface area contributed by atoms with E-state index in [9.17, 15) is 18.7 Å². The van der Waals surface area contributed by atoms with Crippen LogP contribution in [0.25, 0.3) is 0 Å². The van der Waals surface area contributed by atoms with E-state index < -0.39 is 23.4 Å². The van der Waals surface area contributed by atoms with Gasteiger partial charge in [-0.15, -0.1) is 0 Å². The summed E-state index contributed by atoms with van der Waals surface area (Å²) in [5.74, 6) is -3.94. The highest BCUT2D eigenvalue weighted by atomic mass is 79.9. The van der Waals surface area contributed by atoms with Crippen molar-refractivity contribution in [1.82, 2.24) is 0 Å². The average molecular weight is 281 g/mol. The molecule has 1 aromatic carbocycles. The third-order valence-corrected chi connectivity index (χ3v) is 2.43. The SMILES string of the molecule is O=C(O)CCc1c(O)c(Br)cc(F)c1F. The Hall–Kier alpha value is -1.17. The molecule has 0 aliphatic carbocycles. The van der Waals surface area contributed by atoms with Crippen LogP contribution in [0.5, 0.6) is 5.75 Å². The second kappa shape index (κ2) is 4.57. The lowest BCUT2D eigenvalue weighted by atomic mass is 10.1. The summed E-state index contributed by atoms with van der Waals surface area (Å²) in [5.41, 5.74) is -0.329. The molecule has 15 heavy (non-hydrogen) atoms. The number of hydrogen-bond acceptors (Lipinski definition) is 2. The largest absolute Gasteiger partial charge is 0.506 e. The molecular weight excluding hydrogens is 274 g/mol. The van der Waals surface area contributed by atoms with Gasteiger partial charge >= 0.3 is 5.97 Å². The first-order valence-corrected chi connectivity index (χ1v) is 4.80. The number of carboxylic acid groups (broad SMARTS) is 1. The molecule has 0 spiro atoms. The predicted molar refractivity (Wildman–Crippen MR) is 51.7 cm³/mol. The van der Waals surface area contributed by atoms with Crippen LogP contribution in [0.3, 0.4) is 0 Å². The molecule has 0 fully saturated rings. The molecule has 0 saturated carbocycles. The molecule has 0 amide bonds. The van der Waals surface area contributed by atoms with Crippen LogP contribution in [0, 0.1) is 11.6 Å². The highest BCUT2D eigenvalue weighted by Crippen LogP contribution is 2.32. The van der Waals surface area contributed by atoms with Crippen molar-refractivity contribution in [2.75, 3.05) is 0 Å². The summed E-state index contributed by atoms with van der Waals surface area (Å²) in [6.07, 6.45) is -0.635. The second-order valence-corrected chi connectivity index (χ2v) is 3.73. The summed E-state index contributed by atoms with van der Waals surface area (Å²) in [4.78, 5) is 10.3. The van der Waals surface area contributed by atoms with E-state index in [1.54, 1.807) is 0 Å². The lowest BCUT2D eigenvalue weighted by Crippen LogP contribution is -2.02. The smallest absolute Gasteiger partial charge is 0.303 e. The Bertz CT molecular complexity index is 381. The van der Waals surface area contributed by atoms with E-state index in [1.165, 1.54) is 0 Å². The third kappa shape index (κ3) is 2.65. The van der Waals surface area contributed by atoms with E-state index in [2.05, 4.69) is 15.9 Å². The Balaban J connectivity index is 3.09. The van der Waals surface area contributed by atoms with Crippen LogP contribution in [0.4, 0.5) is 8.78 Å². The lowest BCUT2D eigenvalue weighted by molar-refractivity contribution is -0.136. The molecular formula is C9H7BrF2O3. The van der Waals surface area contributed by atoms with Crippen molar-refractivity contribution in [3.63, 3.8) is 0 Å². The number of hydrogen-bond donors (Lipinski definition) is 2. The van der Waals surface area contributed by atoms with E-state index >= 15 is 0 Å². The Labute approximate surface area is 92.5 Å². The molecule has 0 aliphatic rings. The number of rotatable bonds is 3. The van der Waals surface area contributed by atoms with Gasteiger partial charge in [0.25, 0.3) is 0 Å². The zero-order chi connectivity index (χ0) is 11.6. The summed E-state index contributed by atoms with van der Waals surface area (Å²) in [6, 6.07) is 0.787. The minimum Gasteiger partial charge on any atom is -0.506 e. The summed E-state index contributed by atoms with van der Waals surface area (Å²) >= 11 is 2.83. The number of phenolic OH excluding ortho intramolecular Hbond substituents is 1. The maximum Gasteiger partial charge on any atom is 0.303 e. The van der Waals surface area contributed by atoms with Gasteiger partial charge in [0, 0.05) is 12.0 Å². The monoisotopic (exact) mass is 280 g/mol.